The van der Waals surface area contributed by atoms with E-state index in [2.05, 4.69) is 35.6 Å². The first-order chi connectivity index (χ1) is 18.2. The van der Waals surface area contributed by atoms with E-state index in [4.69, 9.17) is 11.6 Å². The van der Waals surface area contributed by atoms with Crippen molar-refractivity contribution in [1.29, 1.82) is 0 Å². The summed E-state index contributed by atoms with van der Waals surface area (Å²) < 4.78 is 0. The van der Waals surface area contributed by atoms with Crippen LogP contribution >= 0.6 is 36.9 Å². The van der Waals surface area contributed by atoms with Crippen LogP contribution in [0.5, 0.6) is 0 Å². The summed E-state index contributed by atoms with van der Waals surface area (Å²) in [7, 11) is 0. The third-order valence-corrected chi connectivity index (χ3v) is 9.09. The molecule has 3 aromatic carbocycles. The molecule has 7 rings (SSSR count). The summed E-state index contributed by atoms with van der Waals surface area (Å²) in [5.41, 5.74) is 3.68. The summed E-state index contributed by atoms with van der Waals surface area (Å²) in [6.45, 7) is 1.80. The van der Waals surface area contributed by atoms with Crippen LogP contribution in [-0.2, 0) is 0 Å². The van der Waals surface area contributed by atoms with Crippen molar-refractivity contribution in [1.82, 2.24) is 0 Å². The zero-order chi connectivity index (χ0) is 26.6. The van der Waals surface area contributed by atoms with Gasteiger partial charge in [0.2, 0.25) is 17.2 Å². The number of rotatable bonds is 0. The van der Waals surface area contributed by atoms with Gasteiger partial charge in [0.1, 0.15) is 22.3 Å². The fourth-order valence-electron chi connectivity index (χ4n) is 5.71. The van der Waals surface area contributed by atoms with Gasteiger partial charge in [-0.25, -0.2) is 4.99 Å². The predicted molar refractivity (Wildman–Crippen MR) is 149 cm³/mol. The molecule has 0 fully saturated rings. The fourth-order valence-corrected chi connectivity index (χ4v) is 6.62. The minimum atomic E-state index is -0.623. The summed E-state index contributed by atoms with van der Waals surface area (Å²) in [5, 5.41) is 3.48. The Morgan fingerprint density at radius 3 is 1.84 bits per heavy atom. The Kier molecular flexibility index (Phi) is 4.86. The van der Waals surface area contributed by atoms with Gasteiger partial charge in [0.05, 0.1) is 16.7 Å². The molecule has 38 heavy (non-hydrogen) atoms. The first-order valence-corrected chi connectivity index (χ1v) is 13.0. The topological polar surface area (TPSA) is 94.3 Å². The van der Waals surface area contributed by atoms with Crippen LogP contribution in [0.3, 0.4) is 0 Å². The fraction of sp³-hybridized carbons (Fsp3) is 0.0690. The van der Waals surface area contributed by atoms with E-state index in [0.717, 1.165) is 0 Å². The molecule has 4 aliphatic rings. The van der Waals surface area contributed by atoms with E-state index in [1.54, 1.807) is 55.5 Å². The number of allylic oxidation sites excluding steroid dienone is 1. The van der Waals surface area contributed by atoms with Crippen molar-refractivity contribution in [2.24, 2.45) is 0 Å². The minimum Gasteiger partial charge on any atom is -0.363 e. The molecule has 184 valence electrons. The molecule has 0 bridgehead atoms. The Morgan fingerprint density at radius 2 is 1.26 bits per heavy atom. The molecule has 0 saturated carbocycles. The SMILES string of the molecule is CC1=C(S)C2=C(C(=O)c3ccccc3C2=O)C2=[NH+]c3c(Cl)c(S)c4c(c3NC21)C(=O)c1ccccc1C4=O. The number of carbonyl (C=O) groups excluding carboxylic acids is 4. The second-order valence-corrected chi connectivity index (χ2v) is 10.7. The van der Waals surface area contributed by atoms with E-state index in [1.165, 1.54) is 0 Å². The third kappa shape index (κ3) is 2.80. The van der Waals surface area contributed by atoms with E-state index >= 15 is 0 Å². The summed E-state index contributed by atoms with van der Waals surface area (Å²) in [5.74, 6) is -1.28. The smallest absolute Gasteiger partial charge is 0.248 e. The minimum absolute atomic E-state index is 0.122. The molecule has 9 heteroatoms. The quantitative estimate of drug-likeness (QED) is 0.247. The molecule has 6 nitrogen and oxygen atoms in total. The van der Waals surface area contributed by atoms with Gasteiger partial charge in [-0.3, -0.25) is 19.2 Å². The summed E-state index contributed by atoms with van der Waals surface area (Å²) in [4.78, 5) is 58.2. The van der Waals surface area contributed by atoms with Crippen LogP contribution in [0, 0.1) is 0 Å². The van der Waals surface area contributed by atoms with Gasteiger partial charge in [-0.2, -0.15) is 0 Å². The maximum Gasteiger partial charge on any atom is 0.248 e. The molecule has 1 atom stereocenters. The van der Waals surface area contributed by atoms with Crippen LogP contribution in [0.2, 0.25) is 5.02 Å². The number of carbonyl (C=O) groups is 4. The summed E-state index contributed by atoms with van der Waals surface area (Å²) >= 11 is 16.0. The van der Waals surface area contributed by atoms with Gasteiger partial charge in [0.15, 0.2) is 17.3 Å². The van der Waals surface area contributed by atoms with Crippen LogP contribution in [0.4, 0.5) is 11.4 Å². The van der Waals surface area contributed by atoms with Crippen LogP contribution < -0.4 is 10.3 Å². The zero-order valence-corrected chi connectivity index (χ0v) is 22.1. The molecule has 3 aromatic rings. The highest BCUT2D eigenvalue weighted by Crippen LogP contribution is 2.47. The van der Waals surface area contributed by atoms with Crippen molar-refractivity contribution in [2.75, 3.05) is 5.32 Å². The highest BCUT2D eigenvalue weighted by atomic mass is 35.5. The van der Waals surface area contributed by atoms with Crippen molar-refractivity contribution >= 4 is 77.1 Å². The molecule has 1 heterocycles. The number of Topliss-reactive ketones (excluding diaryl/α,β-unsaturated/α-hetero) is 2. The van der Waals surface area contributed by atoms with E-state index < -0.39 is 6.04 Å². The second kappa shape index (κ2) is 7.89. The van der Waals surface area contributed by atoms with Crippen LogP contribution in [0.25, 0.3) is 0 Å². The third-order valence-electron chi connectivity index (χ3n) is 7.55. The highest BCUT2D eigenvalue weighted by molar-refractivity contribution is 7.85. The monoisotopic (exact) mass is 555 g/mol. The van der Waals surface area contributed by atoms with Crippen LogP contribution in [0.1, 0.15) is 59.5 Å². The molecule has 2 N–H and O–H groups in total. The van der Waals surface area contributed by atoms with Crippen molar-refractivity contribution in [3.05, 3.63) is 109 Å². The normalized spacial score (nSPS) is 19.2. The maximum atomic E-state index is 13.7. The largest absolute Gasteiger partial charge is 0.363 e. The van der Waals surface area contributed by atoms with E-state index in [1.807, 2.05) is 0 Å². The van der Waals surface area contributed by atoms with Crippen LogP contribution in [0.15, 0.2) is 75.1 Å². The number of hydrogen-bond donors (Lipinski definition) is 4. The van der Waals surface area contributed by atoms with E-state index in [9.17, 15) is 19.2 Å². The van der Waals surface area contributed by atoms with Gasteiger partial charge >= 0.3 is 0 Å². The first-order valence-electron chi connectivity index (χ1n) is 11.7. The Labute approximate surface area is 232 Å². The standard InChI is InChI=1S/C29H15ClN2O4S2/c1-10-20-21(15-17(28(10)37)26(35)13-8-4-2-6-11(13)24(15)33)32-23-19(30)29(38)18-16(22(23)31-20)25(34)12-7-3-5-9-14(12)27(18)36/h2-9,20,31,37-38H,1H3/p+1. The average Bonchev–Trinajstić information content (AvgIpc) is 2.93. The molecular weight excluding hydrogens is 540 g/mol. The van der Waals surface area contributed by atoms with Gasteiger partial charge in [0.25, 0.3) is 0 Å². The van der Waals surface area contributed by atoms with Crippen molar-refractivity contribution in [2.45, 2.75) is 17.9 Å². The second-order valence-electron chi connectivity index (χ2n) is 9.47. The van der Waals surface area contributed by atoms with Crippen molar-refractivity contribution in [3.63, 3.8) is 0 Å². The lowest BCUT2D eigenvalue weighted by molar-refractivity contribution is -0.355. The van der Waals surface area contributed by atoms with E-state index in [-0.39, 0.29) is 55.3 Å². The molecule has 0 aromatic heterocycles. The number of ketones is 4. The molecule has 0 spiro atoms. The van der Waals surface area contributed by atoms with Gasteiger partial charge < -0.3 is 5.32 Å². The maximum absolute atomic E-state index is 13.7. The predicted octanol–water partition coefficient (Wildman–Crippen LogP) is 3.94. The summed E-state index contributed by atoms with van der Waals surface area (Å²) in [6.07, 6.45) is 0. The van der Waals surface area contributed by atoms with Crippen molar-refractivity contribution in [3.8, 4) is 0 Å². The molecule has 0 saturated heterocycles. The van der Waals surface area contributed by atoms with Crippen molar-refractivity contribution < 1.29 is 24.2 Å². The molecule has 0 amide bonds. The number of hydrogen-bond acceptors (Lipinski definition) is 7. The van der Waals surface area contributed by atoms with Gasteiger partial charge in [-0.05, 0) is 12.5 Å². The van der Waals surface area contributed by atoms with Gasteiger partial charge in [0, 0.05) is 32.1 Å². The number of halogens is 1. The van der Waals surface area contributed by atoms with Gasteiger partial charge in [-0.1, -0.05) is 60.1 Å². The molecule has 1 aliphatic heterocycles. The number of benzene rings is 3. The Morgan fingerprint density at radius 1 is 0.763 bits per heavy atom. The molecule has 3 aliphatic carbocycles. The average molecular weight is 556 g/mol. The van der Waals surface area contributed by atoms with E-state index in [0.29, 0.717) is 49.8 Å². The lowest BCUT2D eigenvalue weighted by atomic mass is 9.74. The number of thiol groups is 2. The lowest BCUT2D eigenvalue weighted by Gasteiger charge is -2.34. The number of anilines is 1. The lowest BCUT2D eigenvalue weighted by Crippen LogP contribution is -2.75. The molecule has 1 unspecified atom stereocenters. The highest BCUT2D eigenvalue weighted by Gasteiger charge is 2.49. The first kappa shape index (κ1) is 23.4. The Bertz CT molecular complexity index is 1870. The number of fused-ring (bicyclic) bond motifs is 7. The molecular formula is C29H16ClN2O4S2+. The Balaban J connectivity index is 1.52. The molecule has 0 radical (unpaired) electrons. The van der Waals surface area contributed by atoms with Crippen LogP contribution in [-0.4, -0.2) is 34.9 Å². The number of nitrogens with one attached hydrogen (secondary N) is 2. The van der Waals surface area contributed by atoms with Gasteiger partial charge in [-0.15, -0.1) is 25.3 Å². The summed E-state index contributed by atoms with van der Waals surface area (Å²) in [6, 6.07) is 12.7. The zero-order valence-electron chi connectivity index (χ0n) is 19.6. The Hall–Kier alpha value is -3.72.